The third-order valence-electron chi connectivity index (χ3n) is 2.19. The van der Waals surface area contributed by atoms with Gasteiger partial charge in [0.1, 0.15) is 0 Å². The first-order valence-electron chi connectivity index (χ1n) is 5.33. The molecule has 1 N–H and O–H groups in total. The third-order valence-corrected chi connectivity index (χ3v) is 2.19. The molecule has 0 unspecified atom stereocenters. The number of hydrogen-bond donors (Lipinski definition) is 1. The number of alkyl halides is 4. The summed E-state index contributed by atoms with van der Waals surface area (Å²) in [5, 5.41) is 1.96. The van der Waals surface area contributed by atoms with Gasteiger partial charge in [-0.3, -0.25) is 4.79 Å². The molecule has 0 aliphatic carbocycles. The van der Waals surface area contributed by atoms with Crippen LogP contribution in [0.4, 0.5) is 23.4 Å². The van der Waals surface area contributed by atoms with Crippen molar-refractivity contribution in [3.05, 3.63) is 22.7 Å². The molecule has 0 radical (unpaired) electrons. The molecule has 0 saturated heterocycles. The molecule has 18 heavy (non-hydrogen) atoms. The van der Waals surface area contributed by atoms with Crippen LogP contribution in [-0.2, 0) is 6.54 Å². The lowest BCUT2D eigenvalue weighted by Crippen LogP contribution is -2.37. The van der Waals surface area contributed by atoms with E-state index in [1.807, 2.05) is 12.2 Å². The van der Waals surface area contributed by atoms with Gasteiger partial charge in [-0.15, -0.1) is 0 Å². The monoisotopic (exact) mass is 267 g/mol. The molecule has 0 amide bonds. The van der Waals surface area contributed by atoms with Gasteiger partial charge in [0.15, 0.2) is 5.82 Å². The summed E-state index contributed by atoms with van der Waals surface area (Å²) in [5.41, 5.74) is -0.607. The van der Waals surface area contributed by atoms with E-state index >= 15 is 0 Å². The number of rotatable bonds is 6. The second kappa shape index (κ2) is 5.83. The van der Waals surface area contributed by atoms with Crippen molar-refractivity contribution in [1.82, 2.24) is 9.55 Å². The predicted molar refractivity (Wildman–Crippen MR) is 58.2 cm³/mol. The topological polar surface area (TPSA) is 46.9 Å². The van der Waals surface area contributed by atoms with Crippen molar-refractivity contribution in [2.75, 3.05) is 11.9 Å². The summed E-state index contributed by atoms with van der Waals surface area (Å²) >= 11 is 0. The lowest BCUT2D eigenvalue weighted by molar-refractivity contribution is -0.117. The van der Waals surface area contributed by atoms with Gasteiger partial charge >= 0.3 is 12.3 Å². The minimum Gasteiger partial charge on any atom is -0.359 e. The van der Waals surface area contributed by atoms with Crippen molar-refractivity contribution in [2.45, 2.75) is 32.2 Å². The number of nitrogens with one attached hydrogen (secondary N) is 1. The van der Waals surface area contributed by atoms with Crippen LogP contribution in [0.3, 0.4) is 0 Å². The van der Waals surface area contributed by atoms with Crippen molar-refractivity contribution in [3.63, 3.8) is 0 Å². The largest absolute Gasteiger partial charge is 0.359 e. The van der Waals surface area contributed by atoms with E-state index in [2.05, 4.69) is 4.98 Å². The van der Waals surface area contributed by atoms with E-state index in [0.717, 1.165) is 0 Å². The van der Waals surface area contributed by atoms with Crippen LogP contribution in [-0.4, -0.2) is 28.4 Å². The summed E-state index contributed by atoms with van der Waals surface area (Å²) in [4.78, 5) is 15.2. The fourth-order valence-electron chi connectivity index (χ4n) is 1.26. The highest BCUT2D eigenvalue weighted by Crippen LogP contribution is 2.22. The summed E-state index contributed by atoms with van der Waals surface area (Å²) in [6.07, 6.45) is -0.453. The van der Waals surface area contributed by atoms with Gasteiger partial charge in [-0.25, -0.2) is 13.8 Å². The summed E-state index contributed by atoms with van der Waals surface area (Å²) in [5.74, 6) is -4.55. The molecule has 0 bridgehead atoms. The summed E-state index contributed by atoms with van der Waals surface area (Å²) in [6, 6.07) is 0. The van der Waals surface area contributed by atoms with E-state index in [-0.39, 0.29) is 5.82 Å². The average Bonchev–Trinajstić information content (AvgIpc) is 2.30. The van der Waals surface area contributed by atoms with Crippen LogP contribution in [0.15, 0.2) is 17.2 Å². The van der Waals surface area contributed by atoms with E-state index in [0.29, 0.717) is 13.0 Å². The van der Waals surface area contributed by atoms with E-state index in [1.54, 1.807) is 0 Å². The number of anilines is 1. The quantitative estimate of drug-likeness (QED) is 0.801. The van der Waals surface area contributed by atoms with Crippen molar-refractivity contribution < 1.29 is 17.6 Å². The summed E-state index contributed by atoms with van der Waals surface area (Å²) in [6.45, 7) is 0.912. The Kier molecular flexibility index (Phi) is 4.69. The highest BCUT2D eigenvalue weighted by molar-refractivity contribution is 5.31. The number of aryl methyl sites for hydroxylation is 1. The smallest absolute Gasteiger partial charge is 0.324 e. The van der Waals surface area contributed by atoms with Gasteiger partial charge in [-0.2, -0.15) is 8.78 Å². The van der Waals surface area contributed by atoms with E-state index in [1.165, 1.54) is 17.0 Å². The molecule has 4 nitrogen and oxygen atoms in total. The Balaban J connectivity index is 2.80. The average molecular weight is 267 g/mol. The van der Waals surface area contributed by atoms with Gasteiger partial charge in [0.25, 0.3) is 5.56 Å². The number of aromatic nitrogens is 2. The Labute approximate surface area is 101 Å². The minimum absolute atomic E-state index is 0.355. The number of hydrogen-bond acceptors (Lipinski definition) is 3. The molecule has 0 aliphatic heterocycles. The van der Waals surface area contributed by atoms with Crippen LogP contribution in [0, 0.1) is 0 Å². The second-order valence-corrected chi connectivity index (χ2v) is 3.69. The zero-order valence-electron chi connectivity index (χ0n) is 9.67. The fraction of sp³-hybridized carbons (Fsp3) is 0.600. The minimum atomic E-state index is -4.19. The first-order chi connectivity index (χ1) is 8.38. The van der Waals surface area contributed by atoms with Crippen LogP contribution in [0.5, 0.6) is 0 Å². The molecule has 8 heteroatoms. The number of halogens is 4. The predicted octanol–water partition coefficient (Wildman–Crippen LogP) is 1.97. The molecular formula is C10H13F4N3O. The summed E-state index contributed by atoms with van der Waals surface area (Å²) < 4.78 is 50.4. The Morgan fingerprint density at radius 2 is 2.17 bits per heavy atom. The van der Waals surface area contributed by atoms with Crippen molar-refractivity contribution in [1.29, 1.82) is 0 Å². The van der Waals surface area contributed by atoms with E-state index in [4.69, 9.17) is 0 Å². The fourth-order valence-corrected chi connectivity index (χ4v) is 1.26. The molecule has 0 aliphatic rings. The van der Waals surface area contributed by atoms with E-state index in [9.17, 15) is 22.4 Å². The van der Waals surface area contributed by atoms with Gasteiger partial charge < -0.3 is 9.88 Å². The lowest BCUT2D eigenvalue weighted by Gasteiger charge is -2.16. The lowest BCUT2D eigenvalue weighted by atomic mass is 10.3. The SMILES string of the molecule is CCCn1ccnc(NCC(F)(F)C(F)F)c1=O. The van der Waals surface area contributed by atoms with Gasteiger partial charge in [0.2, 0.25) is 0 Å². The molecule has 0 atom stereocenters. The standard InChI is InChI=1S/C10H13F4N3O/c1-2-4-17-5-3-15-7(8(17)18)16-6-10(13,14)9(11)12/h3,5,9H,2,4,6H2,1H3,(H,15,16). The maximum Gasteiger partial charge on any atom is 0.324 e. The van der Waals surface area contributed by atoms with Crippen LogP contribution >= 0.6 is 0 Å². The highest BCUT2D eigenvalue weighted by Gasteiger charge is 2.40. The zero-order chi connectivity index (χ0) is 13.8. The van der Waals surface area contributed by atoms with Crippen molar-refractivity contribution in [2.24, 2.45) is 0 Å². The Hall–Kier alpha value is -1.60. The molecule has 1 aromatic heterocycles. The molecule has 0 aromatic carbocycles. The molecule has 1 heterocycles. The highest BCUT2D eigenvalue weighted by atomic mass is 19.3. The van der Waals surface area contributed by atoms with Crippen LogP contribution in [0.1, 0.15) is 13.3 Å². The zero-order valence-corrected chi connectivity index (χ0v) is 9.67. The molecule has 102 valence electrons. The normalized spacial score (nSPS) is 11.9. The van der Waals surface area contributed by atoms with Crippen molar-refractivity contribution >= 4 is 5.82 Å². The second-order valence-electron chi connectivity index (χ2n) is 3.69. The molecule has 0 spiro atoms. The Bertz CT molecular complexity index is 447. The molecular weight excluding hydrogens is 254 g/mol. The van der Waals surface area contributed by atoms with Crippen molar-refractivity contribution in [3.8, 4) is 0 Å². The Morgan fingerprint density at radius 3 is 2.72 bits per heavy atom. The van der Waals surface area contributed by atoms with E-state index < -0.39 is 24.5 Å². The molecule has 1 aromatic rings. The van der Waals surface area contributed by atoms with Crippen LogP contribution in [0.25, 0.3) is 0 Å². The molecule has 1 rings (SSSR count). The molecule has 0 fully saturated rings. The van der Waals surface area contributed by atoms with Gasteiger partial charge in [-0.05, 0) is 6.42 Å². The van der Waals surface area contributed by atoms with Gasteiger partial charge in [-0.1, -0.05) is 6.92 Å². The first kappa shape index (κ1) is 14.5. The van der Waals surface area contributed by atoms with Gasteiger partial charge in [0, 0.05) is 18.9 Å². The first-order valence-corrected chi connectivity index (χ1v) is 5.33. The Morgan fingerprint density at radius 1 is 1.50 bits per heavy atom. The third kappa shape index (κ3) is 3.44. The maximum absolute atomic E-state index is 12.7. The molecule has 0 saturated carbocycles. The number of nitrogens with zero attached hydrogens (tertiary/aromatic N) is 2. The maximum atomic E-state index is 12.7. The summed E-state index contributed by atoms with van der Waals surface area (Å²) in [7, 11) is 0. The van der Waals surface area contributed by atoms with Crippen LogP contribution in [0.2, 0.25) is 0 Å². The van der Waals surface area contributed by atoms with Crippen LogP contribution < -0.4 is 10.9 Å². The van der Waals surface area contributed by atoms with Gasteiger partial charge in [0.05, 0.1) is 6.54 Å².